The van der Waals surface area contributed by atoms with E-state index in [4.69, 9.17) is 27.9 Å². The highest BCUT2D eigenvalue weighted by atomic mass is 35.5. The van der Waals surface area contributed by atoms with Gasteiger partial charge in [-0.3, -0.25) is 4.79 Å². The third-order valence-corrected chi connectivity index (χ3v) is 4.77. The van der Waals surface area contributed by atoms with Gasteiger partial charge in [-0.25, -0.2) is 4.79 Å². The maximum absolute atomic E-state index is 12.3. The number of ether oxygens (including phenoxy) is 2. The molecule has 2 atom stereocenters. The number of hydrogen-bond donors (Lipinski definition) is 1. The number of methoxy groups -OCH3 is 1. The van der Waals surface area contributed by atoms with Gasteiger partial charge in [-0.05, 0) is 44.9 Å². The second kappa shape index (κ2) is 6.81. The highest BCUT2D eigenvalue weighted by Gasteiger charge is 2.52. The molecule has 1 amide bonds. The summed E-state index contributed by atoms with van der Waals surface area (Å²) in [6.07, 6.45) is 0.732. The molecule has 5 nitrogen and oxygen atoms in total. The van der Waals surface area contributed by atoms with Crippen molar-refractivity contribution in [1.82, 2.24) is 5.32 Å². The Morgan fingerprint density at radius 2 is 1.83 bits per heavy atom. The lowest BCUT2D eigenvalue weighted by molar-refractivity contribution is -0.146. The maximum Gasteiger partial charge on any atom is 0.328 e. The van der Waals surface area contributed by atoms with Crippen LogP contribution < -0.4 is 10.1 Å². The van der Waals surface area contributed by atoms with E-state index in [0.717, 1.165) is 12.0 Å². The molecule has 1 aliphatic carbocycles. The number of hydrogen-bond acceptors (Lipinski definition) is 4. The van der Waals surface area contributed by atoms with Crippen molar-refractivity contribution in [2.75, 3.05) is 7.11 Å². The number of halogens is 2. The molecule has 0 heterocycles. The minimum absolute atomic E-state index is 0.132. The molecule has 0 aliphatic heterocycles. The fraction of sp³-hybridized carbons (Fsp3) is 0.529. The lowest BCUT2D eigenvalue weighted by atomic mass is 10.1. The summed E-state index contributed by atoms with van der Waals surface area (Å²) in [6.45, 7) is 4.81. The molecule has 0 saturated heterocycles. The van der Waals surface area contributed by atoms with E-state index in [-0.39, 0.29) is 5.92 Å². The van der Waals surface area contributed by atoms with E-state index in [1.807, 2.05) is 12.1 Å². The highest BCUT2D eigenvalue weighted by Crippen LogP contribution is 2.59. The summed E-state index contributed by atoms with van der Waals surface area (Å²) in [5.74, 6) is -0.252. The molecule has 24 heavy (non-hydrogen) atoms. The van der Waals surface area contributed by atoms with E-state index in [1.165, 1.54) is 7.11 Å². The smallest absolute Gasteiger partial charge is 0.328 e. The second-order valence-electron chi connectivity index (χ2n) is 6.42. The Morgan fingerprint density at radius 3 is 2.29 bits per heavy atom. The summed E-state index contributed by atoms with van der Waals surface area (Å²) in [7, 11) is 1.27. The molecule has 132 valence electrons. The highest BCUT2D eigenvalue weighted by molar-refractivity contribution is 6.51. The number of amides is 1. The van der Waals surface area contributed by atoms with Crippen molar-refractivity contribution in [2.45, 2.75) is 49.1 Å². The van der Waals surface area contributed by atoms with Crippen molar-refractivity contribution >= 4 is 35.1 Å². The van der Waals surface area contributed by atoms with Crippen LogP contribution in [0.4, 0.5) is 0 Å². The van der Waals surface area contributed by atoms with E-state index >= 15 is 0 Å². The van der Waals surface area contributed by atoms with E-state index in [9.17, 15) is 9.59 Å². The largest absolute Gasteiger partial charge is 0.478 e. The van der Waals surface area contributed by atoms with Gasteiger partial charge < -0.3 is 14.8 Å². The van der Waals surface area contributed by atoms with Crippen LogP contribution in [0.2, 0.25) is 0 Å². The van der Waals surface area contributed by atoms with Crippen LogP contribution in [0, 0.1) is 0 Å². The predicted molar refractivity (Wildman–Crippen MR) is 92.6 cm³/mol. The molecule has 1 aromatic rings. The van der Waals surface area contributed by atoms with Gasteiger partial charge in [0, 0.05) is 5.92 Å². The van der Waals surface area contributed by atoms with Crippen molar-refractivity contribution < 1.29 is 19.1 Å². The van der Waals surface area contributed by atoms with E-state index in [2.05, 4.69) is 10.1 Å². The normalized spacial score (nSPS) is 20.0. The lowest BCUT2D eigenvalue weighted by Gasteiger charge is -2.26. The van der Waals surface area contributed by atoms with Gasteiger partial charge in [-0.2, -0.15) is 0 Å². The summed E-state index contributed by atoms with van der Waals surface area (Å²) >= 11 is 12.1. The molecule has 1 unspecified atom stereocenters. The topological polar surface area (TPSA) is 64.6 Å². The van der Waals surface area contributed by atoms with Gasteiger partial charge in [0.1, 0.15) is 16.1 Å². The van der Waals surface area contributed by atoms with Crippen LogP contribution in [-0.4, -0.2) is 35.0 Å². The molecule has 1 aliphatic rings. The predicted octanol–water partition coefficient (Wildman–Crippen LogP) is 3.18. The zero-order valence-electron chi connectivity index (χ0n) is 14.1. The number of carbonyl (C=O) groups excluding carboxylic acids is 2. The van der Waals surface area contributed by atoms with E-state index in [1.54, 1.807) is 32.9 Å². The standard InChI is InChI=1S/C17H21Cl2NO4/c1-10(14(21)23-4)20-15(22)16(2,3)24-12-7-5-11(6-8-12)13-9-17(13,18)19/h5-8,10,13H,9H2,1-4H3,(H,20,22)/t10-,13?/m0/s1. The molecule has 0 spiro atoms. The van der Waals surface area contributed by atoms with Crippen LogP contribution in [0.25, 0.3) is 0 Å². The average Bonchev–Trinajstić information content (AvgIpc) is 3.15. The number of rotatable bonds is 6. The Bertz CT molecular complexity index is 628. The zero-order chi connectivity index (χ0) is 18.1. The molecule has 0 aromatic heterocycles. The van der Waals surface area contributed by atoms with Gasteiger partial charge >= 0.3 is 5.97 Å². The van der Waals surface area contributed by atoms with Gasteiger partial charge in [-0.15, -0.1) is 23.2 Å². The summed E-state index contributed by atoms with van der Waals surface area (Å²) < 4.78 is 9.67. The first-order chi connectivity index (χ1) is 11.1. The molecule has 0 radical (unpaired) electrons. The van der Waals surface area contributed by atoms with Crippen molar-refractivity contribution in [3.05, 3.63) is 29.8 Å². The molecule has 1 aromatic carbocycles. The summed E-state index contributed by atoms with van der Waals surface area (Å²) in [6, 6.07) is 6.57. The second-order valence-corrected chi connectivity index (χ2v) is 7.96. The third kappa shape index (κ3) is 4.33. The minimum atomic E-state index is -1.15. The fourth-order valence-electron chi connectivity index (χ4n) is 2.29. The van der Waals surface area contributed by atoms with E-state index < -0.39 is 27.9 Å². The first-order valence-electron chi connectivity index (χ1n) is 7.62. The molecule has 1 N–H and O–H groups in total. The zero-order valence-corrected chi connectivity index (χ0v) is 15.6. The van der Waals surface area contributed by atoms with Gasteiger partial charge in [-0.1, -0.05) is 12.1 Å². The van der Waals surface area contributed by atoms with Crippen LogP contribution >= 0.6 is 23.2 Å². The molecule has 7 heteroatoms. The van der Waals surface area contributed by atoms with Crippen molar-refractivity contribution in [3.63, 3.8) is 0 Å². The molecule has 1 saturated carbocycles. The van der Waals surface area contributed by atoms with Gasteiger partial charge in [0.05, 0.1) is 7.11 Å². The quantitative estimate of drug-likeness (QED) is 0.614. The molecule has 1 fully saturated rings. The third-order valence-electron chi connectivity index (χ3n) is 3.93. The van der Waals surface area contributed by atoms with E-state index in [0.29, 0.717) is 5.75 Å². The van der Waals surface area contributed by atoms with Gasteiger partial charge in [0.15, 0.2) is 5.60 Å². The summed E-state index contributed by atoms with van der Waals surface area (Å²) in [4.78, 5) is 23.7. The fourth-order valence-corrected chi connectivity index (χ4v) is 2.85. The Hall–Kier alpha value is -1.46. The lowest BCUT2D eigenvalue weighted by Crippen LogP contribution is -2.51. The van der Waals surface area contributed by atoms with Crippen molar-refractivity contribution in [2.24, 2.45) is 0 Å². The number of carbonyl (C=O) groups is 2. The van der Waals surface area contributed by atoms with Crippen LogP contribution in [0.5, 0.6) is 5.75 Å². The Balaban J connectivity index is 1.98. The molecular formula is C17H21Cl2NO4. The van der Waals surface area contributed by atoms with Gasteiger partial charge in [0.25, 0.3) is 5.91 Å². The number of alkyl halides is 2. The maximum atomic E-state index is 12.3. The number of esters is 1. The van der Waals surface area contributed by atoms with Crippen LogP contribution in [0.15, 0.2) is 24.3 Å². The summed E-state index contributed by atoms with van der Waals surface area (Å²) in [5.41, 5.74) is -0.111. The Morgan fingerprint density at radius 1 is 1.29 bits per heavy atom. The van der Waals surface area contributed by atoms with Crippen molar-refractivity contribution in [3.8, 4) is 5.75 Å². The Labute approximate surface area is 151 Å². The van der Waals surface area contributed by atoms with Crippen LogP contribution in [-0.2, 0) is 14.3 Å². The molecule has 2 rings (SSSR count). The Kier molecular flexibility index (Phi) is 5.35. The SMILES string of the molecule is COC(=O)[C@H](C)NC(=O)C(C)(C)Oc1ccc(C2CC2(Cl)Cl)cc1. The van der Waals surface area contributed by atoms with Crippen molar-refractivity contribution in [1.29, 1.82) is 0 Å². The van der Waals surface area contributed by atoms with Gasteiger partial charge in [0.2, 0.25) is 0 Å². The number of benzene rings is 1. The minimum Gasteiger partial charge on any atom is -0.478 e. The molecular weight excluding hydrogens is 353 g/mol. The monoisotopic (exact) mass is 373 g/mol. The molecule has 0 bridgehead atoms. The first-order valence-corrected chi connectivity index (χ1v) is 8.38. The van der Waals surface area contributed by atoms with Crippen LogP contribution in [0.3, 0.4) is 0 Å². The first kappa shape index (κ1) is 18.9. The van der Waals surface area contributed by atoms with Crippen LogP contribution in [0.1, 0.15) is 38.7 Å². The average molecular weight is 374 g/mol. The summed E-state index contributed by atoms with van der Waals surface area (Å²) in [5, 5.41) is 2.57. The number of nitrogens with one attached hydrogen (secondary N) is 1.